The van der Waals surface area contributed by atoms with E-state index >= 15 is 0 Å². The van der Waals surface area contributed by atoms with Crippen molar-refractivity contribution in [3.05, 3.63) is 16.4 Å². The Balaban J connectivity index is 2.88. The first-order chi connectivity index (χ1) is 8.43. The normalized spacial score (nSPS) is 14.8. The van der Waals surface area contributed by atoms with Gasteiger partial charge >= 0.3 is 0 Å². The molecule has 6 heteroatoms. The molecule has 0 bridgehead atoms. The van der Waals surface area contributed by atoms with Crippen LogP contribution in [0.1, 0.15) is 24.2 Å². The van der Waals surface area contributed by atoms with E-state index in [4.69, 9.17) is 22.1 Å². The van der Waals surface area contributed by atoms with Gasteiger partial charge in [0.25, 0.3) is 0 Å². The third-order valence-corrected chi connectivity index (χ3v) is 3.51. The number of aromatic nitrogens is 2. The molecular formula is C12H22ClN3O2. The van der Waals surface area contributed by atoms with Crippen LogP contribution in [0.25, 0.3) is 0 Å². The first-order valence-corrected chi connectivity index (χ1v) is 6.40. The number of hydrogen-bond donors (Lipinski definition) is 2. The third-order valence-electron chi connectivity index (χ3n) is 3.02. The Morgan fingerprint density at radius 2 is 2.22 bits per heavy atom. The summed E-state index contributed by atoms with van der Waals surface area (Å²) in [6.07, 6.45) is 1.74. The van der Waals surface area contributed by atoms with Gasteiger partial charge in [-0.25, -0.2) is 0 Å². The molecule has 18 heavy (non-hydrogen) atoms. The van der Waals surface area contributed by atoms with Crippen LogP contribution in [-0.2, 0) is 18.2 Å². The molecule has 0 spiro atoms. The van der Waals surface area contributed by atoms with Crippen molar-refractivity contribution in [3.63, 3.8) is 0 Å². The molecule has 1 heterocycles. The van der Waals surface area contributed by atoms with Gasteiger partial charge in [-0.3, -0.25) is 4.68 Å². The monoisotopic (exact) mass is 275 g/mol. The van der Waals surface area contributed by atoms with Gasteiger partial charge in [0.1, 0.15) is 0 Å². The lowest BCUT2D eigenvalue weighted by Crippen LogP contribution is -2.38. The number of nitrogens with zero attached hydrogens (tertiary/aromatic N) is 2. The minimum atomic E-state index is -0.946. The molecule has 0 aromatic carbocycles. The maximum absolute atomic E-state index is 10.6. The molecule has 0 aliphatic heterocycles. The number of aliphatic hydroxyl groups is 1. The zero-order valence-corrected chi connectivity index (χ0v) is 12.0. The number of hydrogen-bond acceptors (Lipinski definition) is 4. The van der Waals surface area contributed by atoms with Crippen LogP contribution in [0, 0.1) is 6.92 Å². The average Bonchev–Trinajstić information content (AvgIpc) is 2.54. The smallest absolute Gasteiger partial charge is 0.0936 e. The first kappa shape index (κ1) is 15.4. The third kappa shape index (κ3) is 3.68. The van der Waals surface area contributed by atoms with E-state index in [1.807, 2.05) is 14.0 Å². The van der Waals surface area contributed by atoms with E-state index in [1.54, 1.807) is 11.8 Å². The minimum absolute atomic E-state index is 0.257. The molecule has 104 valence electrons. The van der Waals surface area contributed by atoms with E-state index in [0.29, 0.717) is 24.4 Å². The van der Waals surface area contributed by atoms with Gasteiger partial charge in [0.15, 0.2) is 0 Å². The standard InChI is InChI=1S/C12H22ClN3O2/c1-9-11(13)10(16(2)15-9)7-12(17,8-18-3)5-4-6-14/h17H,4-8,14H2,1-3H3. The number of ether oxygens (including phenoxy) is 1. The van der Waals surface area contributed by atoms with E-state index in [9.17, 15) is 5.11 Å². The molecule has 1 atom stereocenters. The van der Waals surface area contributed by atoms with E-state index in [0.717, 1.165) is 17.8 Å². The largest absolute Gasteiger partial charge is 0.387 e. The van der Waals surface area contributed by atoms with Crippen LogP contribution in [0.3, 0.4) is 0 Å². The number of rotatable bonds is 7. The lowest BCUT2D eigenvalue weighted by atomic mass is 9.92. The van der Waals surface area contributed by atoms with Crippen molar-refractivity contribution in [1.29, 1.82) is 0 Å². The Morgan fingerprint density at radius 3 is 2.67 bits per heavy atom. The van der Waals surface area contributed by atoms with Gasteiger partial charge in [-0.1, -0.05) is 11.6 Å². The summed E-state index contributed by atoms with van der Waals surface area (Å²) in [6.45, 7) is 2.65. The van der Waals surface area contributed by atoms with E-state index in [-0.39, 0.29) is 6.61 Å². The van der Waals surface area contributed by atoms with Crippen molar-refractivity contribution in [2.45, 2.75) is 31.8 Å². The topological polar surface area (TPSA) is 73.3 Å². The summed E-state index contributed by atoms with van der Waals surface area (Å²) in [4.78, 5) is 0. The summed E-state index contributed by atoms with van der Waals surface area (Å²) in [5, 5.41) is 15.4. The fourth-order valence-corrected chi connectivity index (χ4v) is 2.32. The SMILES string of the molecule is COCC(O)(CCCN)Cc1c(Cl)c(C)nn1C. The molecule has 0 saturated heterocycles. The molecular weight excluding hydrogens is 254 g/mol. The zero-order valence-electron chi connectivity index (χ0n) is 11.2. The summed E-state index contributed by atoms with van der Waals surface area (Å²) >= 11 is 6.19. The highest BCUT2D eigenvalue weighted by molar-refractivity contribution is 6.31. The van der Waals surface area contributed by atoms with Crippen LogP contribution >= 0.6 is 11.6 Å². The lowest BCUT2D eigenvalue weighted by molar-refractivity contribution is -0.0386. The quantitative estimate of drug-likeness (QED) is 0.780. The Hall–Kier alpha value is -0.620. The molecule has 1 aromatic rings. The fraction of sp³-hybridized carbons (Fsp3) is 0.750. The molecule has 0 saturated carbocycles. The van der Waals surface area contributed by atoms with Crippen molar-refractivity contribution in [1.82, 2.24) is 9.78 Å². The van der Waals surface area contributed by atoms with Gasteiger partial charge in [0.2, 0.25) is 0 Å². The summed E-state index contributed by atoms with van der Waals surface area (Å²) in [5.41, 5.74) is 6.14. The van der Waals surface area contributed by atoms with Crippen LogP contribution in [0.5, 0.6) is 0 Å². The van der Waals surface area contributed by atoms with Gasteiger partial charge in [-0.15, -0.1) is 0 Å². The van der Waals surface area contributed by atoms with Crippen LogP contribution in [0.15, 0.2) is 0 Å². The number of nitrogens with two attached hydrogens (primary N) is 1. The molecule has 0 radical (unpaired) electrons. The van der Waals surface area contributed by atoms with E-state index in [1.165, 1.54) is 0 Å². The molecule has 1 rings (SSSR count). The second kappa shape index (κ2) is 6.52. The molecule has 0 amide bonds. The summed E-state index contributed by atoms with van der Waals surface area (Å²) < 4.78 is 6.81. The van der Waals surface area contributed by atoms with Crippen molar-refractivity contribution >= 4 is 11.6 Å². The molecule has 5 nitrogen and oxygen atoms in total. The van der Waals surface area contributed by atoms with Gasteiger partial charge in [-0.05, 0) is 26.3 Å². The van der Waals surface area contributed by atoms with Gasteiger partial charge in [-0.2, -0.15) is 5.10 Å². The number of methoxy groups -OCH3 is 1. The van der Waals surface area contributed by atoms with Gasteiger partial charge in [0, 0.05) is 20.6 Å². The number of aryl methyl sites for hydroxylation is 2. The lowest BCUT2D eigenvalue weighted by Gasteiger charge is -2.27. The maximum Gasteiger partial charge on any atom is 0.0936 e. The van der Waals surface area contributed by atoms with Crippen molar-refractivity contribution in [2.75, 3.05) is 20.3 Å². The van der Waals surface area contributed by atoms with Crippen LogP contribution in [0.4, 0.5) is 0 Å². The number of halogens is 1. The molecule has 0 fully saturated rings. The molecule has 3 N–H and O–H groups in total. The van der Waals surface area contributed by atoms with Gasteiger partial charge in [0.05, 0.1) is 28.6 Å². The second-order valence-corrected chi connectivity index (χ2v) is 5.07. The molecule has 0 aliphatic rings. The van der Waals surface area contributed by atoms with Crippen LogP contribution in [0.2, 0.25) is 5.02 Å². The van der Waals surface area contributed by atoms with Gasteiger partial charge < -0.3 is 15.6 Å². The molecule has 0 aliphatic carbocycles. The minimum Gasteiger partial charge on any atom is -0.387 e. The maximum atomic E-state index is 10.6. The van der Waals surface area contributed by atoms with Crippen LogP contribution in [-0.4, -0.2) is 40.7 Å². The summed E-state index contributed by atoms with van der Waals surface area (Å²) in [6, 6.07) is 0. The predicted molar refractivity (Wildman–Crippen MR) is 71.8 cm³/mol. The van der Waals surface area contributed by atoms with E-state index < -0.39 is 5.60 Å². The average molecular weight is 276 g/mol. The predicted octanol–water partition coefficient (Wildman–Crippen LogP) is 1.04. The summed E-state index contributed by atoms with van der Waals surface area (Å²) in [5.74, 6) is 0. The molecule has 1 aromatic heterocycles. The highest BCUT2D eigenvalue weighted by atomic mass is 35.5. The van der Waals surface area contributed by atoms with Crippen molar-refractivity contribution < 1.29 is 9.84 Å². The van der Waals surface area contributed by atoms with Crippen molar-refractivity contribution in [2.24, 2.45) is 12.8 Å². The Morgan fingerprint density at radius 1 is 1.56 bits per heavy atom. The summed E-state index contributed by atoms with van der Waals surface area (Å²) in [7, 11) is 3.40. The highest BCUT2D eigenvalue weighted by Gasteiger charge is 2.29. The fourth-order valence-electron chi connectivity index (χ4n) is 2.10. The van der Waals surface area contributed by atoms with E-state index in [2.05, 4.69) is 5.10 Å². The van der Waals surface area contributed by atoms with Crippen LogP contribution < -0.4 is 5.73 Å². The Labute approximate surface area is 113 Å². The zero-order chi connectivity index (χ0) is 13.8. The highest BCUT2D eigenvalue weighted by Crippen LogP contribution is 2.26. The Bertz CT molecular complexity index is 395. The second-order valence-electron chi connectivity index (χ2n) is 4.70. The van der Waals surface area contributed by atoms with Crippen molar-refractivity contribution in [3.8, 4) is 0 Å². The first-order valence-electron chi connectivity index (χ1n) is 6.03. The Kier molecular flexibility index (Phi) is 5.59. The molecule has 1 unspecified atom stereocenters.